The fraction of sp³-hybridized carbons (Fsp3) is 0.250. The molecule has 0 aliphatic carbocycles. The average molecular weight is 333 g/mol. The van der Waals surface area contributed by atoms with Crippen LogP contribution in [0.3, 0.4) is 0 Å². The first-order valence-electron chi connectivity index (χ1n) is 7.18. The van der Waals surface area contributed by atoms with Crippen molar-refractivity contribution in [3.63, 3.8) is 0 Å². The molecule has 0 fully saturated rings. The predicted octanol–water partition coefficient (Wildman–Crippen LogP) is 1.27. The zero-order chi connectivity index (χ0) is 17.9. The SMILES string of the molecule is Cc1cc(=O)c(C(=O)NC(C)CC(=O)O)nn1-c1ccccc1F. The van der Waals surface area contributed by atoms with E-state index in [1.807, 2.05) is 0 Å². The van der Waals surface area contributed by atoms with Gasteiger partial charge in [0.05, 0.1) is 6.42 Å². The number of aliphatic carboxylic acids is 1. The van der Waals surface area contributed by atoms with E-state index in [0.717, 1.165) is 4.68 Å². The van der Waals surface area contributed by atoms with Crippen LogP contribution in [0.2, 0.25) is 0 Å². The molecule has 0 spiro atoms. The van der Waals surface area contributed by atoms with Crippen molar-refractivity contribution in [2.45, 2.75) is 26.3 Å². The van der Waals surface area contributed by atoms with E-state index in [4.69, 9.17) is 5.11 Å². The van der Waals surface area contributed by atoms with Gasteiger partial charge in [-0.15, -0.1) is 0 Å². The Morgan fingerprint density at radius 2 is 2.04 bits per heavy atom. The van der Waals surface area contributed by atoms with Crippen LogP contribution < -0.4 is 10.7 Å². The molecule has 8 heteroatoms. The van der Waals surface area contributed by atoms with Crippen LogP contribution >= 0.6 is 0 Å². The number of hydrogen-bond acceptors (Lipinski definition) is 4. The van der Waals surface area contributed by atoms with Crippen LogP contribution in [-0.4, -0.2) is 32.8 Å². The van der Waals surface area contributed by atoms with Gasteiger partial charge >= 0.3 is 5.97 Å². The van der Waals surface area contributed by atoms with Gasteiger partial charge in [-0.25, -0.2) is 9.07 Å². The number of carbonyl (C=O) groups excluding carboxylic acids is 1. The standard InChI is InChI=1S/C16H16FN3O4/c1-9(7-14(22)23)18-16(24)15-13(21)8-10(2)20(19-15)12-6-4-3-5-11(12)17/h3-6,8-9H,7H2,1-2H3,(H,18,24)(H,22,23). The highest BCUT2D eigenvalue weighted by Crippen LogP contribution is 2.13. The molecule has 0 bridgehead atoms. The maximum atomic E-state index is 13.9. The number of carbonyl (C=O) groups is 2. The molecule has 2 rings (SSSR count). The van der Waals surface area contributed by atoms with Crippen LogP contribution in [0.4, 0.5) is 4.39 Å². The Kier molecular flexibility index (Phi) is 5.08. The van der Waals surface area contributed by atoms with Crippen LogP contribution in [0, 0.1) is 12.7 Å². The lowest BCUT2D eigenvalue weighted by Crippen LogP contribution is -2.38. The summed E-state index contributed by atoms with van der Waals surface area (Å²) in [5, 5.41) is 15.0. The lowest BCUT2D eigenvalue weighted by molar-refractivity contribution is -0.137. The average Bonchev–Trinajstić information content (AvgIpc) is 2.47. The highest BCUT2D eigenvalue weighted by Gasteiger charge is 2.19. The first-order valence-corrected chi connectivity index (χ1v) is 7.18. The van der Waals surface area contributed by atoms with Gasteiger partial charge in [-0.1, -0.05) is 12.1 Å². The summed E-state index contributed by atoms with van der Waals surface area (Å²) in [7, 11) is 0. The molecule has 1 aromatic heterocycles. The maximum Gasteiger partial charge on any atom is 0.305 e. The molecule has 0 saturated heterocycles. The number of nitrogens with zero attached hydrogens (tertiary/aromatic N) is 2. The second kappa shape index (κ2) is 7.03. The molecule has 24 heavy (non-hydrogen) atoms. The number of para-hydroxylation sites is 1. The van der Waals surface area contributed by atoms with E-state index in [2.05, 4.69) is 10.4 Å². The molecule has 0 radical (unpaired) electrons. The number of aromatic nitrogens is 2. The first-order chi connectivity index (χ1) is 11.3. The van der Waals surface area contributed by atoms with Crippen molar-refractivity contribution in [1.29, 1.82) is 0 Å². The third-order valence-corrected chi connectivity index (χ3v) is 3.26. The van der Waals surface area contributed by atoms with Crippen molar-refractivity contribution in [3.8, 4) is 5.69 Å². The highest BCUT2D eigenvalue weighted by molar-refractivity contribution is 5.92. The number of hydrogen-bond donors (Lipinski definition) is 2. The molecule has 126 valence electrons. The minimum Gasteiger partial charge on any atom is -0.481 e. The van der Waals surface area contributed by atoms with E-state index >= 15 is 0 Å². The van der Waals surface area contributed by atoms with Gasteiger partial charge in [-0.05, 0) is 26.0 Å². The van der Waals surface area contributed by atoms with Gasteiger partial charge in [0.1, 0.15) is 11.5 Å². The van der Waals surface area contributed by atoms with E-state index in [-0.39, 0.29) is 12.1 Å². The summed E-state index contributed by atoms with van der Waals surface area (Å²) in [6.45, 7) is 3.06. The van der Waals surface area contributed by atoms with Crippen LogP contribution in [0.1, 0.15) is 29.5 Å². The van der Waals surface area contributed by atoms with E-state index < -0.39 is 34.9 Å². The third-order valence-electron chi connectivity index (χ3n) is 3.26. The number of carboxylic acids is 1. The molecule has 0 saturated carbocycles. The molecule has 1 heterocycles. The largest absolute Gasteiger partial charge is 0.481 e. The minimum absolute atomic E-state index is 0.0997. The Morgan fingerprint density at radius 1 is 1.38 bits per heavy atom. The van der Waals surface area contributed by atoms with Crippen LogP contribution in [-0.2, 0) is 4.79 Å². The van der Waals surface area contributed by atoms with E-state index in [1.165, 1.54) is 31.2 Å². The Balaban J connectivity index is 2.40. The quantitative estimate of drug-likeness (QED) is 0.858. The topological polar surface area (TPSA) is 101 Å². The smallest absolute Gasteiger partial charge is 0.305 e. The fourth-order valence-electron chi connectivity index (χ4n) is 2.18. The number of carboxylic acid groups (broad SMARTS) is 1. The monoisotopic (exact) mass is 333 g/mol. The molecule has 2 N–H and O–H groups in total. The second-order valence-corrected chi connectivity index (χ2v) is 5.33. The van der Waals surface area contributed by atoms with E-state index in [0.29, 0.717) is 5.69 Å². The number of halogens is 1. The molecular formula is C16H16FN3O4. The number of aryl methyl sites for hydroxylation is 1. The van der Waals surface area contributed by atoms with Crippen molar-refractivity contribution < 1.29 is 19.1 Å². The van der Waals surface area contributed by atoms with Crippen molar-refractivity contribution in [1.82, 2.24) is 15.1 Å². The molecule has 1 aromatic carbocycles. The van der Waals surface area contributed by atoms with Crippen molar-refractivity contribution >= 4 is 11.9 Å². The normalized spacial score (nSPS) is 11.8. The van der Waals surface area contributed by atoms with Crippen LogP contribution in [0.5, 0.6) is 0 Å². The number of benzene rings is 1. The molecule has 1 atom stereocenters. The number of nitrogens with one attached hydrogen (secondary N) is 1. The third kappa shape index (κ3) is 3.83. The molecular weight excluding hydrogens is 317 g/mol. The van der Waals surface area contributed by atoms with Crippen molar-refractivity contribution in [2.24, 2.45) is 0 Å². The summed E-state index contributed by atoms with van der Waals surface area (Å²) in [4.78, 5) is 34.8. The van der Waals surface area contributed by atoms with Gasteiger partial charge < -0.3 is 10.4 Å². The molecule has 0 aliphatic heterocycles. The van der Waals surface area contributed by atoms with Gasteiger partial charge in [0.15, 0.2) is 5.69 Å². The van der Waals surface area contributed by atoms with Gasteiger partial charge in [-0.2, -0.15) is 5.10 Å². The molecule has 2 aromatic rings. The van der Waals surface area contributed by atoms with Gasteiger partial charge in [0.2, 0.25) is 5.43 Å². The van der Waals surface area contributed by atoms with Crippen LogP contribution in [0.15, 0.2) is 35.1 Å². The van der Waals surface area contributed by atoms with Crippen molar-refractivity contribution in [2.75, 3.05) is 0 Å². The summed E-state index contributed by atoms with van der Waals surface area (Å²) in [5.74, 6) is -2.44. The second-order valence-electron chi connectivity index (χ2n) is 5.33. The molecule has 0 aliphatic rings. The predicted molar refractivity (Wildman–Crippen MR) is 83.7 cm³/mol. The van der Waals surface area contributed by atoms with E-state index in [1.54, 1.807) is 13.0 Å². The number of rotatable bonds is 5. The minimum atomic E-state index is -1.08. The summed E-state index contributed by atoms with van der Waals surface area (Å²) >= 11 is 0. The lowest BCUT2D eigenvalue weighted by atomic mass is 10.2. The number of amides is 1. The summed E-state index contributed by atoms with van der Waals surface area (Å²) in [6, 6.07) is 6.32. The molecule has 7 nitrogen and oxygen atoms in total. The zero-order valence-electron chi connectivity index (χ0n) is 13.1. The van der Waals surface area contributed by atoms with Crippen LogP contribution in [0.25, 0.3) is 5.69 Å². The van der Waals surface area contributed by atoms with Gasteiger partial charge in [0.25, 0.3) is 5.91 Å². The summed E-state index contributed by atoms with van der Waals surface area (Å²) < 4.78 is 15.1. The lowest BCUT2D eigenvalue weighted by Gasteiger charge is -2.14. The van der Waals surface area contributed by atoms with E-state index in [9.17, 15) is 18.8 Å². The van der Waals surface area contributed by atoms with Crippen molar-refractivity contribution in [3.05, 3.63) is 57.8 Å². The first kappa shape index (κ1) is 17.3. The van der Waals surface area contributed by atoms with Gasteiger partial charge in [-0.3, -0.25) is 14.4 Å². The summed E-state index contributed by atoms with van der Waals surface area (Å²) in [6.07, 6.45) is -0.293. The molecule has 1 unspecified atom stereocenters. The van der Waals surface area contributed by atoms with Gasteiger partial charge in [0, 0.05) is 17.8 Å². The Morgan fingerprint density at radius 3 is 2.67 bits per heavy atom. The Bertz CT molecular complexity index is 847. The Hall–Kier alpha value is -3.03. The zero-order valence-corrected chi connectivity index (χ0v) is 13.1. The maximum absolute atomic E-state index is 13.9. The summed E-state index contributed by atoms with van der Waals surface area (Å²) in [5.41, 5.74) is -0.593. The Labute approximate surface area is 136 Å². The fourth-order valence-corrected chi connectivity index (χ4v) is 2.18. The highest BCUT2D eigenvalue weighted by atomic mass is 19.1. The molecule has 1 amide bonds.